The number of hydrogen-bond acceptors (Lipinski definition) is 4. The largest absolute Gasteiger partial charge is 0.534 e. The second-order valence-corrected chi connectivity index (χ2v) is 7.85. The highest BCUT2D eigenvalue weighted by Crippen LogP contribution is 2.35. The first-order chi connectivity index (χ1) is 11.7. The molecular formula is C17H25ClF3NO3S. The maximum Gasteiger partial charge on any atom is 0.534 e. The van der Waals surface area contributed by atoms with Crippen LogP contribution in [0.15, 0.2) is 18.2 Å². The number of halogens is 4. The third kappa shape index (κ3) is 5.27. The van der Waals surface area contributed by atoms with Gasteiger partial charge in [-0.25, -0.2) is 0 Å². The molecule has 0 bridgehead atoms. The highest BCUT2D eigenvalue weighted by atomic mass is 35.5. The van der Waals surface area contributed by atoms with E-state index < -0.39 is 15.6 Å². The van der Waals surface area contributed by atoms with Gasteiger partial charge in [0.05, 0.1) is 0 Å². The summed E-state index contributed by atoms with van der Waals surface area (Å²) in [4.78, 5) is 2.33. The molecule has 0 radical (unpaired) electrons. The van der Waals surface area contributed by atoms with Crippen LogP contribution in [0.4, 0.5) is 13.2 Å². The first-order valence-electron chi connectivity index (χ1n) is 8.55. The fourth-order valence-corrected chi connectivity index (χ4v) is 3.83. The van der Waals surface area contributed by atoms with Crippen molar-refractivity contribution in [3.8, 4) is 5.75 Å². The molecule has 26 heavy (non-hydrogen) atoms. The van der Waals surface area contributed by atoms with Gasteiger partial charge in [-0.05, 0) is 56.8 Å². The fraction of sp³-hybridized carbons (Fsp3) is 0.647. The Balaban J connectivity index is 0.00000338. The van der Waals surface area contributed by atoms with Gasteiger partial charge in [0.1, 0.15) is 5.75 Å². The zero-order chi connectivity index (χ0) is 18.7. The summed E-state index contributed by atoms with van der Waals surface area (Å²) in [6, 6.07) is 4.85. The molecule has 1 aliphatic carbocycles. The first kappa shape index (κ1) is 23.0. The van der Waals surface area contributed by atoms with Crippen LogP contribution in [0.1, 0.15) is 44.2 Å². The van der Waals surface area contributed by atoms with Gasteiger partial charge >= 0.3 is 15.6 Å². The van der Waals surface area contributed by atoms with Crippen LogP contribution in [0, 0.1) is 0 Å². The zero-order valence-electron chi connectivity index (χ0n) is 14.9. The van der Waals surface area contributed by atoms with Crippen LogP contribution in [0.25, 0.3) is 0 Å². The molecule has 0 amide bonds. The number of fused-ring (bicyclic) bond motifs is 1. The number of aryl methyl sites for hydroxylation is 1. The summed E-state index contributed by atoms with van der Waals surface area (Å²) >= 11 is 0. The summed E-state index contributed by atoms with van der Waals surface area (Å²) < 4.78 is 65.1. The van der Waals surface area contributed by atoms with Crippen LogP contribution in [0.3, 0.4) is 0 Å². The molecule has 1 atom stereocenters. The van der Waals surface area contributed by atoms with Crippen molar-refractivity contribution in [3.05, 3.63) is 29.3 Å². The zero-order valence-corrected chi connectivity index (χ0v) is 16.5. The molecule has 0 heterocycles. The maximum absolute atomic E-state index is 12.6. The van der Waals surface area contributed by atoms with Gasteiger partial charge in [-0.1, -0.05) is 26.0 Å². The van der Waals surface area contributed by atoms with Crippen molar-refractivity contribution in [3.63, 3.8) is 0 Å². The Labute approximate surface area is 159 Å². The van der Waals surface area contributed by atoms with Gasteiger partial charge < -0.3 is 9.08 Å². The van der Waals surface area contributed by atoms with E-state index in [0.717, 1.165) is 37.9 Å². The molecule has 0 aliphatic heterocycles. The molecule has 4 nitrogen and oxygen atoms in total. The highest BCUT2D eigenvalue weighted by Gasteiger charge is 2.49. The Morgan fingerprint density at radius 1 is 1.19 bits per heavy atom. The Bertz CT molecular complexity index is 689. The smallest absolute Gasteiger partial charge is 0.376 e. The van der Waals surface area contributed by atoms with Gasteiger partial charge in [0.25, 0.3) is 0 Å². The third-order valence-corrected chi connectivity index (χ3v) is 5.40. The minimum atomic E-state index is -5.66. The summed E-state index contributed by atoms with van der Waals surface area (Å²) in [5, 5.41) is 0. The molecule has 150 valence electrons. The van der Waals surface area contributed by atoms with Crippen LogP contribution in [-0.2, 0) is 23.0 Å². The van der Waals surface area contributed by atoms with Crippen molar-refractivity contribution < 1.29 is 25.8 Å². The van der Waals surface area contributed by atoms with Gasteiger partial charge in [-0.3, -0.25) is 0 Å². The molecule has 1 aromatic rings. The van der Waals surface area contributed by atoms with E-state index in [1.807, 2.05) is 6.07 Å². The number of nitrogens with zero attached hydrogens (tertiary/aromatic N) is 1. The van der Waals surface area contributed by atoms with Crippen LogP contribution >= 0.6 is 12.4 Å². The normalized spacial score (nSPS) is 17.5. The van der Waals surface area contributed by atoms with Crippen molar-refractivity contribution in [2.75, 3.05) is 13.1 Å². The number of benzene rings is 1. The van der Waals surface area contributed by atoms with E-state index in [4.69, 9.17) is 0 Å². The molecular weight excluding hydrogens is 391 g/mol. The Kier molecular flexibility index (Phi) is 8.23. The summed E-state index contributed by atoms with van der Waals surface area (Å²) in [5.74, 6) is -0.201. The van der Waals surface area contributed by atoms with E-state index in [-0.39, 0.29) is 24.2 Å². The number of hydrogen-bond donors (Lipinski definition) is 0. The third-order valence-electron chi connectivity index (χ3n) is 4.44. The highest BCUT2D eigenvalue weighted by molar-refractivity contribution is 7.88. The molecule has 9 heteroatoms. The predicted molar refractivity (Wildman–Crippen MR) is 97.3 cm³/mol. The Hall–Kier alpha value is -0.990. The molecule has 0 saturated carbocycles. The summed E-state index contributed by atoms with van der Waals surface area (Å²) in [6.45, 7) is 6.00. The van der Waals surface area contributed by atoms with E-state index in [0.29, 0.717) is 18.4 Å². The lowest BCUT2D eigenvalue weighted by Gasteiger charge is -2.35. The average molecular weight is 416 g/mol. The Morgan fingerprint density at radius 3 is 2.35 bits per heavy atom. The van der Waals surface area contributed by atoms with E-state index in [1.165, 1.54) is 12.1 Å². The fourth-order valence-electron chi connectivity index (χ4n) is 3.34. The topological polar surface area (TPSA) is 46.6 Å². The van der Waals surface area contributed by atoms with Crippen LogP contribution in [0.5, 0.6) is 5.75 Å². The van der Waals surface area contributed by atoms with Gasteiger partial charge in [0, 0.05) is 11.6 Å². The lowest BCUT2D eigenvalue weighted by atomic mass is 9.86. The summed E-state index contributed by atoms with van der Waals surface area (Å²) in [7, 11) is -5.66. The average Bonchev–Trinajstić information content (AvgIpc) is 2.53. The van der Waals surface area contributed by atoms with Gasteiger partial charge in [-0.2, -0.15) is 21.6 Å². The lowest BCUT2D eigenvalue weighted by Crippen LogP contribution is -2.40. The molecule has 0 spiro atoms. The SMILES string of the molecule is CCCN(CCC)C1CCc2cccc(OS(=O)(=O)C(F)(F)F)c2C1.Cl. The monoisotopic (exact) mass is 415 g/mol. The Morgan fingerprint density at radius 2 is 1.81 bits per heavy atom. The van der Waals surface area contributed by atoms with Crippen molar-refractivity contribution in [2.24, 2.45) is 0 Å². The van der Waals surface area contributed by atoms with E-state index >= 15 is 0 Å². The second kappa shape index (κ2) is 9.28. The molecule has 2 rings (SSSR count). The van der Waals surface area contributed by atoms with Gasteiger partial charge in [0.2, 0.25) is 0 Å². The van der Waals surface area contributed by atoms with Crippen molar-refractivity contribution >= 4 is 22.5 Å². The number of rotatable bonds is 7. The second-order valence-electron chi connectivity index (χ2n) is 6.31. The molecule has 0 aromatic heterocycles. The predicted octanol–water partition coefficient (Wildman–Crippen LogP) is 4.32. The molecule has 1 unspecified atom stereocenters. The van der Waals surface area contributed by atoms with Crippen molar-refractivity contribution in [1.29, 1.82) is 0 Å². The summed E-state index contributed by atoms with van der Waals surface area (Å²) in [5.41, 5.74) is -4.00. The minimum Gasteiger partial charge on any atom is -0.376 e. The van der Waals surface area contributed by atoms with Gasteiger partial charge in [-0.15, -0.1) is 12.4 Å². The van der Waals surface area contributed by atoms with Crippen LogP contribution in [0.2, 0.25) is 0 Å². The standard InChI is InChI=1S/C17H24F3NO3S.ClH/c1-3-10-21(11-4-2)14-9-8-13-6-5-7-16(15(13)12-14)24-25(22,23)17(18,19)20;/h5-7,14H,3-4,8-12H2,1-2H3;1H. The van der Waals surface area contributed by atoms with E-state index in [2.05, 4.69) is 22.9 Å². The van der Waals surface area contributed by atoms with Crippen LogP contribution < -0.4 is 4.18 Å². The number of alkyl halides is 3. The molecule has 1 aromatic carbocycles. The van der Waals surface area contributed by atoms with Crippen molar-refractivity contribution in [1.82, 2.24) is 4.90 Å². The molecule has 0 fully saturated rings. The van der Waals surface area contributed by atoms with E-state index in [1.54, 1.807) is 0 Å². The summed E-state index contributed by atoms with van der Waals surface area (Å²) in [6.07, 6.45) is 4.09. The van der Waals surface area contributed by atoms with Crippen LogP contribution in [-0.4, -0.2) is 38.0 Å². The lowest BCUT2D eigenvalue weighted by molar-refractivity contribution is -0.0500. The first-order valence-corrected chi connectivity index (χ1v) is 9.96. The minimum absolute atomic E-state index is 0. The molecule has 0 saturated heterocycles. The molecule has 0 N–H and O–H groups in total. The molecule has 1 aliphatic rings. The van der Waals surface area contributed by atoms with Gasteiger partial charge in [0.15, 0.2) is 0 Å². The van der Waals surface area contributed by atoms with E-state index in [9.17, 15) is 21.6 Å². The van der Waals surface area contributed by atoms with Crippen molar-refractivity contribution in [2.45, 2.75) is 57.5 Å². The maximum atomic E-state index is 12.6. The quantitative estimate of drug-likeness (QED) is 0.491.